The van der Waals surface area contributed by atoms with Crippen molar-refractivity contribution >= 4 is 21.7 Å². The van der Waals surface area contributed by atoms with Crippen LogP contribution in [-0.2, 0) is 20.8 Å². The van der Waals surface area contributed by atoms with E-state index < -0.39 is 33.4 Å². The largest absolute Gasteiger partial charge is 0.416 e. The number of hydrogen-bond donors (Lipinski definition) is 0. The molecule has 2 amide bonds. The van der Waals surface area contributed by atoms with Crippen LogP contribution in [0.3, 0.4) is 0 Å². The Bertz CT molecular complexity index is 846. The first-order valence-electron chi connectivity index (χ1n) is 8.52. The van der Waals surface area contributed by atoms with E-state index in [2.05, 4.69) is 0 Å². The van der Waals surface area contributed by atoms with Crippen molar-refractivity contribution < 1.29 is 31.2 Å². The molecule has 0 aromatic heterocycles. The highest BCUT2D eigenvalue weighted by molar-refractivity contribution is 7.91. The minimum Gasteiger partial charge on any atom is -0.339 e. The van der Waals surface area contributed by atoms with Gasteiger partial charge in [-0.3, -0.25) is 9.59 Å². The molecule has 2 fully saturated rings. The Labute approximate surface area is 154 Å². The van der Waals surface area contributed by atoms with Crippen LogP contribution in [-0.4, -0.2) is 67.7 Å². The first kappa shape index (κ1) is 19.7. The second kappa shape index (κ2) is 7.14. The molecule has 0 N–H and O–H groups in total. The molecule has 2 saturated heterocycles. The Morgan fingerprint density at radius 1 is 1.04 bits per heavy atom. The lowest BCUT2D eigenvalue weighted by Crippen LogP contribution is -2.52. The molecule has 1 unspecified atom stereocenters. The van der Waals surface area contributed by atoms with Crippen molar-refractivity contribution in [2.24, 2.45) is 5.92 Å². The molecule has 0 bridgehead atoms. The standard InChI is InChI=1S/C17H19F3N2O4S/c18-17(19,20)14-3-1-2-12(10-14)15(23)21-5-7-22(8-6-21)16(24)13-4-9-27(25,26)11-13/h1-3,10,13H,4-9,11H2. The van der Waals surface area contributed by atoms with Gasteiger partial charge in [-0.25, -0.2) is 8.42 Å². The van der Waals surface area contributed by atoms with Gasteiger partial charge in [-0.05, 0) is 24.6 Å². The van der Waals surface area contributed by atoms with Crippen LogP contribution >= 0.6 is 0 Å². The third kappa shape index (κ3) is 4.42. The quantitative estimate of drug-likeness (QED) is 0.747. The molecule has 2 aliphatic heterocycles. The summed E-state index contributed by atoms with van der Waals surface area (Å²) < 4.78 is 61.5. The molecule has 27 heavy (non-hydrogen) atoms. The number of piperazine rings is 1. The minimum absolute atomic E-state index is 0.0113. The van der Waals surface area contributed by atoms with E-state index in [4.69, 9.17) is 0 Å². The average Bonchev–Trinajstić information content (AvgIpc) is 3.00. The van der Waals surface area contributed by atoms with Crippen LogP contribution in [0.1, 0.15) is 22.3 Å². The van der Waals surface area contributed by atoms with E-state index in [0.717, 1.165) is 12.1 Å². The summed E-state index contributed by atoms with van der Waals surface area (Å²) in [4.78, 5) is 27.8. The van der Waals surface area contributed by atoms with Crippen molar-refractivity contribution in [1.29, 1.82) is 0 Å². The zero-order valence-electron chi connectivity index (χ0n) is 14.4. The van der Waals surface area contributed by atoms with Gasteiger partial charge in [-0.15, -0.1) is 0 Å². The summed E-state index contributed by atoms with van der Waals surface area (Å²) in [5.74, 6) is -1.42. The molecule has 3 rings (SSSR count). The van der Waals surface area contributed by atoms with Crippen LogP contribution in [0.5, 0.6) is 0 Å². The number of nitrogens with zero attached hydrogens (tertiary/aromatic N) is 2. The van der Waals surface area contributed by atoms with Crippen LogP contribution in [0, 0.1) is 5.92 Å². The Morgan fingerprint density at radius 2 is 1.67 bits per heavy atom. The number of hydrogen-bond acceptors (Lipinski definition) is 4. The van der Waals surface area contributed by atoms with Crippen LogP contribution in [0.4, 0.5) is 13.2 Å². The van der Waals surface area contributed by atoms with Crippen LogP contribution in [0.25, 0.3) is 0 Å². The second-order valence-corrected chi connectivity index (χ2v) is 9.02. The number of benzene rings is 1. The molecular formula is C17H19F3N2O4S. The fraction of sp³-hybridized carbons (Fsp3) is 0.529. The van der Waals surface area contributed by atoms with Gasteiger partial charge in [-0.1, -0.05) is 6.07 Å². The third-order valence-corrected chi connectivity index (χ3v) is 6.67. The van der Waals surface area contributed by atoms with E-state index in [1.807, 2.05) is 0 Å². The van der Waals surface area contributed by atoms with Crippen molar-refractivity contribution in [1.82, 2.24) is 9.80 Å². The van der Waals surface area contributed by atoms with Crippen LogP contribution in [0.15, 0.2) is 24.3 Å². The molecule has 0 aliphatic carbocycles. The number of alkyl halides is 3. The molecule has 2 aliphatic rings. The van der Waals surface area contributed by atoms with E-state index in [0.29, 0.717) is 6.42 Å². The van der Waals surface area contributed by atoms with Crippen molar-refractivity contribution in [2.75, 3.05) is 37.7 Å². The lowest BCUT2D eigenvalue weighted by atomic mass is 10.1. The molecule has 0 spiro atoms. The van der Waals surface area contributed by atoms with Gasteiger partial charge in [0.1, 0.15) is 0 Å². The van der Waals surface area contributed by atoms with Gasteiger partial charge in [0.15, 0.2) is 9.84 Å². The van der Waals surface area contributed by atoms with E-state index in [1.165, 1.54) is 21.9 Å². The van der Waals surface area contributed by atoms with Crippen molar-refractivity contribution in [3.8, 4) is 0 Å². The Kier molecular flexibility index (Phi) is 5.20. The number of sulfone groups is 1. The maximum absolute atomic E-state index is 12.8. The maximum Gasteiger partial charge on any atom is 0.416 e. The van der Waals surface area contributed by atoms with Gasteiger partial charge in [0, 0.05) is 31.7 Å². The minimum atomic E-state index is -4.52. The normalized spacial score (nSPS) is 22.7. The highest BCUT2D eigenvalue weighted by Crippen LogP contribution is 2.30. The summed E-state index contributed by atoms with van der Waals surface area (Å²) in [6, 6.07) is 4.25. The predicted octanol–water partition coefficient (Wildman–Crippen LogP) is 1.42. The van der Waals surface area contributed by atoms with E-state index >= 15 is 0 Å². The number of carbonyl (C=O) groups excluding carboxylic acids is 2. The highest BCUT2D eigenvalue weighted by Gasteiger charge is 2.37. The molecule has 10 heteroatoms. The summed E-state index contributed by atoms with van der Waals surface area (Å²) in [5, 5.41) is 0. The molecule has 6 nitrogen and oxygen atoms in total. The van der Waals surface area contributed by atoms with Gasteiger partial charge in [-0.2, -0.15) is 13.2 Å². The number of rotatable bonds is 2. The lowest BCUT2D eigenvalue weighted by molar-refractivity contribution is -0.138. The summed E-state index contributed by atoms with van der Waals surface area (Å²) in [6.07, 6.45) is -4.21. The number of amides is 2. The molecule has 0 saturated carbocycles. The summed E-state index contributed by atoms with van der Waals surface area (Å²) in [7, 11) is -3.16. The Hall–Kier alpha value is -2.10. The topological polar surface area (TPSA) is 74.8 Å². The predicted molar refractivity (Wildman–Crippen MR) is 90.7 cm³/mol. The molecule has 1 atom stereocenters. The van der Waals surface area contributed by atoms with E-state index in [-0.39, 0.29) is 49.2 Å². The fourth-order valence-corrected chi connectivity index (χ4v) is 5.12. The van der Waals surface area contributed by atoms with Crippen molar-refractivity contribution in [3.63, 3.8) is 0 Å². The smallest absolute Gasteiger partial charge is 0.339 e. The third-order valence-electron chi connectivity index (χ3n) is 4.90. The van der Waals surface area contributed by atoms with Crippen molar-refractivity contribution in [3.05, 3.63) is 35.4 Å². The van der Waals surface area contributed by atoms with E-state index in [1.54, 1.807) is 0 Å². The molecule has 1 aromatic carbocycles. The zero-order valence-corrected chi connectivity index (χ0v) is 15.2. The number of halogens is 3. The monoisotopic (exact) mass is 404 g/mol. The van der Waals surface area contributed by atoms with Gasteiger partial charge < -0.3 is 9.80 Å². The van der Waals surface area contributed by atoms with Gasteiger partial charge in [0.25, 0.3) is 5.91 Å². The fourth-order valence-electron chi connectivity index (χ4n) is 3.39. The summed E-state index contributed by atoms with van der Waals surface area (Å²) >= 11 is 0. The Balaban J connectivity index is 1.61. The molecule has 1 aromatic rings. The first-order valence-corrected chi connectivity index (χ1v) is 10.3. The SMILES string of the molecule is O=C(c1cccc(C(F)(F)F)c1)N1CCN(C(=O)C2CCS(=O)(=O)C2)CC1. The van der Waals surface area contributed by atoms with Crippen LogP contribution in [0.2, 0.25) is 0 Å². The van der Waals surface area contributed by atoms with Crippen molar-refractivity contribution in [2.45, 2.75) is 12.6 Å². The number of carbonyl (C=O) groups is 2. The lowest BCUT2D eigenvalue weighted by Gasteiger charge is -2.36. The van der Waals surface area contributed by atoms with Crippen LogP contribution < -0.4 is 0 Å². The molecule has 148 valence electrons. The Morgan fingerprint density at radius 3 is 2.22 bits per heavy atom. The zero-order chi connectivity index (χ0) is 19.8. The average molecular weight is 404 g/mol. The summed E-state index contributed by atoms with van der Waals surface area (Å²) in [5.41, 5.74) is -0.934. The molecule has 0 radical (unpaired) electrons. The summed E-state index contributed by atoms with van der Waals surface area (Å²) in [6.45, 7) is 0.862. The highest BCUT2D eigenvalue weighted by atomic mass is 32.2. The second-order valence-electron chi connectivity index (χ2n) is 6.80. The van der Waals surface area contributed by atoms with Gasteiger partial charge in [0.05, 0.1) is 23.0 Å². The maximum atomic E-state index is 12.8. The van der Waals surface area contributed by atoms with Gasteiger partial charge >= 0.3 is 6.18 Å². The van der Waals surface area contributed by atoms with E-state index in [9.17, 15) is 31.2 Å². The van der Waals surface area contributed by atoms with Gasteiger partial charge in [0.2, 0.25) is 5.91 Å². The molecular weight excluding hydrogens is 385 g/mol. The molecule has 2 heterocycles. The first-order chi connectivity index (χ1) is 12.6.